The summed E-state index contributed by atoms with van der Waals surface area (Å²) in [5.74, 6) is 0.948. The van der Waals surface area contributed by atoms with Gasteiger partial charge in [0.1, 0.15) is 0 Å². The SMILES string of the molecule is CN=C(NCC1(SC)CCOCC1)N(C)Cc1ccccc1.I. The number of nitrogens with one attached hydrogen (secondary N) is 1. The third kappa shape index (κ3) is 6.15. The van der Waals surface area contributed by atoms with Gasteiger partial charge in [-0.15, -0.1) is 24.0 Å². The molecule has 0 unspecified atom stereocenters. The molecule has 0 saturated carbocycles. The van der Waals surface area contributed by atoms with Gasteiger partial charge in [-0.25, -0.2) is 0 Å². The first-order chi connectivity index (χ1) is 10.7. The van der Waals surface area contributed by atoms with Gasteiger partial charge in [-0.3, -0.25) is 4.99 Å². The minimum atomic E-state index is 0. The van der Waals surface area contributed by atoms with E-state index in [2.05, 4.69) is 52.8 Å². The molecular weight excluding hydrogens is 421 g/mol. The van der Waals surface area contributed by atoms with E-state index in [0.29, 0.717) is 0 Å². The van der Waals surface area contributed by atoms with Crippen molar-refractivity contribution in [2.75, 3.05) is 40.1 Å². The maximum atomic E-state index is 5.50. The highest BCUT2D eigenvalue weighted by atomic mass is 127. The first-order valence-corrected chi connectivity index (χ1v) is 9.00. The average molecular weight is 449 g/mol. The molecule has 0 amide bonds. The molecule has 0 spiro atoms. The first kappa shape index (κ1) is 20.6. The lowest BCUT2D eigenvalue weighted by Crippen LogP contribution is -2.48. The summed E-state index contributed by atoms with van der Waals surface area (Å²) in [4.78, 5) is 6.59. The molecule has 0 atom stereocenters. The van der Waals surface area contributed by atoms with Gasteiger partial charge in [0.15, 0.2) is 5.96 Å². The van der Waals surface area contributed by atoms with Crippen molar-refractivity contribution in [2.24, 2.45) is 4.99 Å². The Morgan fingerprint density at radius 2 is 1.96 bits per heavy atom. The van der Waals surface area contributed by atoms with Crippen molar-refractivity contribution in [1.82, 2.24) is 10.2 Å². The third-order valence-corrected chi connectivity index (χ3v) is 5.66. The topological polar surface area (TPSA) is 36.9 Å². The van der Waals surface area contributed by atoms with E-state index in [0.717, 1.165) is 45.1 Å². The number of thioether (sulfide) groups is 1. The van der Waals surface area contributed by atoms with Crippen LogP contribution in [0.15, 0.2) is 35.3 Å². The molecule has 1 aliphatic rings. The van der Waals surface area contributed by atoms with Gasteiger partial charge in [-0.1, -0.05) is 30.3 Å². The van der Waals surface area contributed by atoms with Gasteiger partial charge < -0.3 is 15.0 Å². The van der Waals surface area contributed by atoms with Crippen LogP contribution >= 0.6 is 35.7 Å². The highest BCUT2D eigenvalue weighted by Crippen LogP contribution is 2.33. The van der Waals surface area contributed by atoms with E-state index < -0.39 is 0 Å². The molecule has 0 bridgehead atoms. The van der Waals surface area contributed by atoms with E-state index in [4.69, 9.17) is 4.74 Å². The number of ether oxygens (including phenoxy) is 1. The zero-order valence-corrected chi connectivity index (χ0v) is 17.4. The largest absolute Gasteiger partial charge is 0.381 e. The summed E-state index contributed by atoms with van der Waals surface area (Å²) in [5.41, 5.74) is 1.29. The lowest BCUT2D eigenvalue weighted by Gasteiger charge is -2.37. The minimum absolute atomic E-state index is 0. The van der Waals surface area contributed by atoms with Gasteiger partial charge >= 0.3 is 0 Å². The summed E-state index contributed by atoms with van der Waals surface area (Å²) in [6.07, 6.45) is 4.39. The van der Waals surface area contributed by atoms with Crippen molar-refractivity contribution in [2.45, 2.75) is 24.1 Å². The zero-order valence-electron chi connectivity index (χ0n) is 14.2. The summed E-state index contributed by atoms with van der Waals surface area (Å²) in [7, 11) is 3.93. The van der Waals surface area contributed by atoms with E-state index >= 15 is 0 Å². The summed E-state index contributed by atoms with van der Waals surface area (Å²) in [6.45, 7) is 3.52. The van der Waals surface area contributed by atoms with Crippen LogP contribution in [-0.4, -0.2) is 55.7 Å². The molecule has 1 heterocycles. The van der Waals surface area contributed by atoms with Crippen LogP contribution in [0.1, 0.15) is 18.4 Å². The predicted octanol–water partition coefficient (Wildman–Crippen LogP) is 3.22. The summed E-state index contributed by atoms with van der Waals surface area (Å²) in [5, 5.41) is 3.55. The van der Waals surface area contributed by atoms with E-state index in [1.807, 2.05) is 24.9 Å². The molecule has 4 nitrogen and oxygen atoms in total. The Hall–Kier alpha value is -0.470. The maximum Gasteiger partial charge on any atom is 0.193 e. The maximum absolute atomic E-state index is 5.50. The normalized spacial score (nSPS) is 17.3. The fourth-order valence-electron chi connectivity index (χ4n) is 2.75. The van der Waals surface area contributed by atoms with Gasteiger partial charge in [-0.05, 0) is 24.7 Å². The van der Waals surface area contributed by atoms with E-state index in [9.17, 15) is 0 Å². The number of hydrogen-bond donors (Lipinski definition) is 1. The molecule has 1 fully saturated rings. The summed E-state index contributed by atoms with van der Waals surface area (Å²) in [6, 6.07) is 10.5. The molecule has 1 saturated heterocycles. The number of guanidine groups is 1. The third-order valence-electron chi connectivity index (χ3n) is 4.24. The molecule has 1 N–H and O–H groups in total. The lowest BCUT2D eigenvalue weighted by atomic mass is 9.99. The highest BCUT2D eigenvalue weighted by Gasteiger charge is 2.32. The highest BCUT2D eigenvalue weighted by molar-refractivity contribution is 14.0. The van der Waals surface area contributed by atoms with Gasteiger partial charge in [0, 0.05) is 45.1 Å². The Labute approximate surface area is 161 Å². The number of nitrogens with zero attached hydrogens (tertiary/aromatic N) is 2. The Morgan fingerprint density at radius 3 is 2.52 bits per heavy atom. The molecule has 0 radical (unpaired) electrons. The number of aliphatic imine (C=N–C) groups is 1. The van der Waals surface area contributed by atoms with Gasteiger partial charge in [0.2, 0.25) is 0 Å². The van der Waals surface area contributed by atoms with Crippen LogP contribution in [0.2, 0.25) is 0 Å². The van der Waals surface area contributed by atoms with Crippen molar-refractivity contribution in [3.63, 3.8) is 0 Å². The Bertz CT molecular complexity index is 478. The fourth-order valence-corrected chi connectivity index (χ4v) is 3.54. The van der Waals surface area contributed by atoms with Crippen LogP contribution in [0.5, 0.6) is 0 Å². The van der Waals surface area contributed by atoms with E-state index in [1.165, 1.54) is 5.56 Å². The van der Waals surface area contributed by atoms with Gasteiger partial charge in [0.25, 0.3) is 0 Å². The number of rotatable bonds is 5. The summed E-state index contributed by atoms with van der Waals surface area (Å²) < 4.78 is 5.77. The zero-order chi connectivity index (χ0) is 15.8. The quantitative estimate of drug-likeness (QED) is 0.426. The second-order valence-corrected chi connectivity index (χ2v) is 7.02. The lowest BCUT2D eigenvalue weighted by molar-refractivity contribution is 0.0781. The first-order valence-electron chi connectivity index (χ1n) is 7.78. The molecule has 1 aliphatic heterocycles. The van der Waals surface area contributed by atoms with E-state index in [1.54, 1.807) is 0 Å². The minimum Gasteiger partial charge on any atom is -0.381 e. The number of hydrogen-bond acceptors (Lipinski definition) is 3. The summed E-state index contributed by atoms with van der Waals surface area (Å²) >= 11 is 1.95. The second-order valence-electron chi connectivity index (χ2n) is 5.74. The van der Waals surface area contributed by atoms with Crippen LogP contribution in [-0.2, 0) is 11.3 Å². The standard InChI is InChI=1S/C17H27N3OS.HI/c1-18-16(20(2)13-15-7-5-4-6-8-15)19-14-17(22-3)9-11-21-12-10-17;/h4-8H,9-14H2,1-3H3,(H,18,19);1H. The molecular formula is C17H28IN3OS. The monoisotopic (exact) mass is 449 g/mol. The fraction of sp³-hybridized carbons (Fsp3) is 0.588. The van der Waals surface area contributed by atoms with Crippen molar-refractivity contribution in [1.29, 1.82) is 0 Å². The number of benzene rings is 1. The molecule has 1 aromatic carbocycles. The van der Waals surface area contributed by atoms with Crippen LogP contribution in [0, 0.1) is 0 Å². The Balaban J connectivity index is 0.00000264. The smallest absolute Gasteiger partial charge is 0.193 e. The van der Waals surface area contributed by atoms with Crippen LogP contribution in [0.25, 0.3) is 0 Å². The molecule has 0 aliphatic carbocycles. The molecule has 1 aromatic rings. The number of halogens is 1. The average Bonchev–Trinajstić information content (AvgIpc) is 2.57. The van der Waals surface area contributed by atoms with Crippen molar-refractivity contribution >= 4 is 41.7 Å². The van der Waals surface area contributed by atoms with Gasteiger partial charge in [0.05, 0.1) is 0 Å². The van der Waals surface area contributed by atoms with Crippen molar-refractivity contribution in [3.8, 4) is 0 Å². The second kappa shape index (κ2) is 10.4. The van der Waals surface area contributed by atoms with E-state index in [-0.39, 0.29) is 28.7 Å². The molecule has 2 rings (SSSR count). The molecule has 0 aromatic heterocycles. The van der Waals surface area contributed by atoms with Crippen molar-refractivity contribution in [3.05, 3.63) is 35.9 Å². The Kier molecular flexibility index (Phi) is 9.31. The van der Waals surface area contributed by atoms with Crippen LogP contribution in [0.4, 0.5) is 0 Å². The van der Waals surface area contributed by atoms with Crippen LogP contribution in [0.3, 0.4) is 0 Å². The Morgan fingerprint density at radius 1 is 1.30 bits per heavy atom. The van der Waals surface area contributed by atoms with Crippen LogP contribution < -0.4 is 5.32 Å². The molecule has 130 valence electrons. The molecule has 6 heteroatoms. The predicted molar refractivity (Wildman–Crippen MR) is 111 cm³/mol. The van der Waals surface area contributed by atoms with Crippen molar-refractivity contribution < 1.29 is 4.74 Å². The molecule has 23 heavy (non-hydrogen) atoms. The van der Waals surface area contributed by atoms with Gasteiger partial charge in [-0.2, -0.15) is 11.8 Å².